The van der Waals surface area contributed by atoms with Gasteiger partial charge in [0.25, 0.3) is 0 Å². The molecule has 0 bridgehead atoms. The third-order valence-electron chi connectivity index (χ3n) is 2.14. The molecule has 2 rings (SSSR count). The monoisotopic (exact) mass is 191 g/mol. The molecular weight excluding hydrogens is 182 g/mol. The van der Waals surface area contributed by atoms with Gasteiger partial charge >= 0.3 is 0 Å². The molecule has 0 radical (unpaired) electrons. The first-order valence-corrected chi connectivity index (χ1v) is 4.26. The molecule has 1 aromatic rings. The number of Topliss-reactive ketones (excluding diaryl/α,β-unsaturated/α-hetero) is 1. The molecule has 0 atom stereocenters. The predicted molar refractivity (Wildman–Crippen MR) is 51.3 cm³/mol. The summed E-state index contributed by atoms with van der Waals surface area (Å²) in [7, 11) is 0. The lowest BCUT2D eigenvalue weighted by Gasteiger charge is -2.15. The fourth-order valence-corrected chi connectivity index (χ4v) is 1.41. The number of hydrogen-bond donors (Lipinski definition) is 0. The standard InChI is InChI=1S/C10H9NO3/c1-11(13)7-2-3-10-8(6-7)9(12)4-5-14-10/h2-3,6H,1,4-5H2. The van der Waals surface area contributed by atoms with Crippen molar-refractivity contribution in [2.75, 3.05) is 6.61 Å². The Morgan fingerprint density at radius 2 is 2.29 bits per heavy atom. The molecule has 4 nitrogen and oxygen atoms in total. The van der Waals surface area contributed by atoms with Gasteiger partial charge in [-0.3, -0.25) is 4.79 Å². The topological polar surface area (TPSA) is 52.4 Å². The van der Waals surface area contributed by atoms with Gasteiger partial charge in [0.1, 0.15) is 12.5 Å². The highest BCUT2D eigenvalue weighted by atomic mass is 16.5. The molecule has 0 saturated heterocycles. The van der Waals surface area contributed by atoms with E-state index in [1.54, 1.807) is 12.1 Å². The summed E-state index contributed by atoms with van der Waals surface area (Å²) in [5, 5.41) is 10.9. The van der Waals surface area contributed by atoms with E-state index in [4.69, 9.17) is 4.74 Å². The van der Waals surface area contributed by atoms with Crippen molar-refractivity contribution >= 4 is 18.2 Å². The van der Waals surface area contributed by atoms with E-state index in [-0.39, 0.29) is 5.78 Å². The van der Waals surface area contributed by atoms with Crippen molar-refractivity contribution in [2.24, 2.45) is 0 Å². The Morgan fingerprint density at radius 3 is 3.00 bits per heavy atom. The molecule has 1 aliphatic heterocycles. The van der Waals surface area contributed by atoms with Crippen LogP contribution in [0.4, 0.5) is 5.69 Å². The average molecular weight is 191 g/mol. The highest BCUT2D eigenvalue weighted by Gasteiger charge is 2.19. The summed E-state index contributed by atoms with van der Waals surface area (Å²) in [6, 6.07) is 4.71. The van der Waals surface area contributed by atoms with Crippen molar-refractivity contribution in [3.63, 3.8) is 0 Å². The lowest BCUT2D eigenvalue weighted by atomic mass is 10.0. The number of benzene rings is 1. The Labute approximate surface area is 81.0 Å². The van der Waals surface area contributed by atoms with Gasteiger partial charge in [0, 0.05) is 18.6 Å². The molecule has 0 unspecified atom stereocenters. The molecule has 0 saturated carbocycles. The maximum absolute atomic E-state index is 11.4. The minimum atomic E-state index is 0.00921. The van der Waals surface area contributed by atoms with Crippen molar-refractivity contribution in [1.82, 2.24) is 0 Å². The first kappa shape index (κ1) is 8.74. The van der Waals surface area contributed by atoms with Gasteiger partial charge in [0.15, 0.2) is 5.78 Å². The average Bonchev–Trinajstić information content (AvgIpc) is 2.18. The number of carbonyl (C=O) groups is 1. The minimum absolute atomic E-state index is 0.00921. The fraction of sp³-hybridized carbons (Fsp3) is 0.200. The smallest absolute Gasteiger partial charge is 0.216 e. The minimum Gasteiger partial charge on any atom is -0.619 e. The Balaban J connectivity index is 2.51. The number of rotatable bonds is 1. The van der Waals surface area contributed by atoms with Crippen LogP contribution in [0.3, 0.4) is 0 Å². The van der Waals surface area contributed by atoms with Crippen LogP contribution >= 0.6 is 0 Å². The Hall–Kier alpha value is -1.84. The van der Waals surface area contributed by atoms with Crippen LogP contribution in [0.1, 0.15) is 16.8 Å². The largest absolute Gasteiger partial charge is 0.619 e. The lowest BCUT2D eigenvalue weighted by molar-refractivity contribution is -0.349. The second kappa shape index (κ2) is 3.14. The maximum atomic E-state index is 11.4. The second-order valence-corrected chi connectivity index (χ2v) is 3.08. The van der Waals surface area contributed by atoms with Gasteiger partial charge < -0.3 is 9.94 Å². The zero-order valence-corrected chi connectivity index (χ0v) is 7.53. The van der Waals surface area contributed by atoms with Crippen molar-refractivity contribution < 1.29 is 14.3 Å². The third kappa shape index (κ3) is 1.35. The van der Waals surface area contributed by atoms with Crippen LogP contribution in [-0.2, 0) is 0 Å². The molecule has 1 heterocycles. The number of ether oxygens (including phenoxy) is 1. The highest BCUT2D eigenvalue weighted by Crippen LogP contribution is 2.28. The molecule has 0 fully saturated rings. The third-order valence-corrected chi connectivity index (χ3v) is 2.14. The van der Waals surface area contributed by atoms with E-state index < -0.39 is 0 Å². The van der Waals surface area contributed by atoms with Gasteiger partial charge in [-0.25, -0.2) is 0 Å². The molecule has 1 aromatic carbocycles. The maximum Gasteiger partial charge on any atom is 0.216 e. The van der Waals surface area contributed by atoms with Gasteiger partial charge in [-0.1, -0.05) is 0 Å². The van der Waals surface area contributed by atoms with Gasteiger partial charge in [0.05, 0.1) is 12.2 Å². The summed E-state index contributed by atoms with van der Waals surface area (Å²) < 4.78 is 5.74. The van der Waals surface area contributed by atoms with Gasteiger partial charge in [-0.2, -0.15) is 4.74 Å². The molecular formula is C10H9NO3. The molecule has 72 valence electrons. The van der Waals surface area contributed by atoms with Crippen LogP contribution in [0, 0.1) is 5.21 Å². The molecule has 14 heavy (non-hydrogen) atoms. The molecule has 1 aliphatic rings. The number of nitrogens with zero attached hydrogens (tertiary/aromatic N) is 1. The zero-order chi connectivity index (χ0) is 10.1. The number of fused-ring (bicyclic) bond motifs is 1. The van der Waals surface area contributed by atoms with Crippen LogP contribution in [0.2, 0.25) is 0 Å². The van der Waals surface area contributed by atoms with Crippen molar-refractivity contribution in [2.45, 2.75) is 6.42 Å². The molecule has 0 amide bonds. The number of ketones is 1. The molecule has 0 aromatic heterocycles. The second-order valence-electron chi connectivity index (χ2n) is 3.08. The van der Waals surface area contributed by atoms with E-state index >= 15 is 0 Å². The summed E-state index contributed by atoms with van der Waals surface area (Å²) in [6.45, 7) is 3.62. The predicted octanol–water partition coefficient (Wildman–Crippen LogP) is 1.49. The summed E-state index contributed by atoms with van der Waals surface area (Å²) in [5.41, 5.74) is 0.834. The SMILES string of the molecule is C=[N+]([O-])c1ccc2c(c1)C(=O)CCO2. The summed E-state index contributed by atoms with van der Waals surface area (Å²) in [6.07, 6.45) is 0.368. The van der Waals surface area contributed by atoms with Crippen LogP contribution in [0.25, 0.3) is 0 Å². The molecule has 0 spiro atoms. The highest BCUT2D eigenvalue weighted by molar-refractivity contribution is 6.00. The van der Waals surface area contributed by atoms with Crippen LogP contribution in [0.5, 0.6) is 5.75 Å². The van der Waals surface area contributed by atoms with Crippen molar-refractivity contribution in [1.29, 1.82) is 0 Å². The van der Waals surface area contributed by atoms with Gasteiger partial charge in [-0.15, -0.1) is 0 Å². The lowest BCUT2D eigenvalue weighted by Crippen LogP contribution is -2.15. The number of hydrogen-bond acceptors (Lipinski definition) is 3. The van der Waals surface area contributed by atoms with Crippen molar-refractivity contribution in [3.8, 4) is 5.75 Å². The van der Waals surface area contributed by atoms with E-state index in [2.05, 4.69) is 6.72 Å². The van der Waals surface area contributed by atoms with Gasteiger partial charge in [-0.05, 0) is 6.07 Å². The fourth-order valence-electron chi connectivity index (χ4n) is 1.41. The normalized spacial score (nSPS) is 14.4. The summed E-state index contributed by atoms with van der Waals surface area (Å²) >= 11 is 0. The van der Waals surface area contributed by atoms with E-state index in [0.717, 1.165) is 0 Å². The Morgan fingerprint density at radius 1 is 1.50 bits per heavy atom. The first-order chi connectivity index (χ1) is 6.68. The number of carbonyl (C=O) groups excluding carboxylic acids is 1. The van der Waals surface area contributed by atoms with Gasteiger partial charge in [0.2, 0.25) is 5.69 Å². The molecule has 0 N–H and O–H groups in total. The van der Waals surface area contributed by atoms with Crippen LogP contribution < -0.4 is 4.74 Å². The van der Waals surface area contributed by atoms with E-state index in [0.29, 0.717) is 34.8 Å². The zero-order valence-electron chi connectivity index (χ0n) is 7.53. The van der Waals surface area contributed by atoms with E-state index in [1.165, 1.54) is 6.07 Å². The summed E-state index contributed by atoms with van der Waals surface area (Å²) in [4.78, 5) is 11.4. The Bertz CT molecular complexity index is 412. The Kier molecular flexibility index (Phi) is 1.96. The quantitative estimate of drug-likeness (QED) is 0.292. The van der Waals surface area contributed by atoms with E-state index in [9.17, 15) is 10.0 Å². The summed E-state index contributed by atoms with van der Waals surface area (Å²) in [5.74, 6) is 0.557. The van der Waals surface area contributed by atoms with E-state index in [1.807, 2.05) is 0 Å². The molecule has 0 aliphatic carbocycles. The van der Waals surface area contributed by atoms with Crippen LogP contribution in [-0.4, -0.2) is 23.8 Å². The van der Waals surface area contributed by atoms with Crippen molar-refractivity contribution in [3.05, 3.63) is 29.0 Å². The van der Waals surface area contributed by atoms with Crippen LogP contribution in [0.15, 0.2) is 18.2 Å². The first-order valence-electron chi connectivity index (χ1n) is 4.26. The molecule has 4 heteroatoms.